The summed E-state index contributed by atoms with van der Waals surface area (Å²) in [5.74, 6) is -3.35. The molecule has 46 heavy (non-hydrogen) atoms. The Kier molecular flexibility index (Phi) is 20.3. The number of unbranched alkanes of at least 4 members (excludes halogenated alkanes) is 1. The molecule has 1 aliphatic rings. The third kappa shape index (κ3) is 17.9. The highest BCUT2D eigenvalue weighted by Crippen LogP contribution is 2.28. The molecule has 0 unspecified atom stereocenters. The maximum Gasteiger partial charge on any atom is 0.303 e. The van der Waals surface area contributed by atoms with Crippen LogP contribution in [0.3, 0.4) is 0 Å². The second-order valence-corrected chi connectivity index (χ2v) is 10.2. The molecule has 18 nitrogen and oxygen atoms in total. The average molecular weight is 665 g/mol. The molecule has 18 heteroatoms. The van der Waals surface area contributed by atoms with Crippen LogP contribution < -0.4 is 22.1 Å². The lowest BCUT2D eigenvalue weighted by Crippen LogP contribution is -2.66. The van der Waals surface area contributed by atoms with Crippen LogP contribution in [0.4, 0.5) is 0 Å². The average Bonchev–Trinajstić information content (AvgIpc) is 2.96. The molecule has 1 rings (SSSR count). The van der Waals surface area contributed by atoms with Crippen LogP contribution in [0, 0.1) is 0 Å². The fraction of sp³-hybridized carbons (Fsp3) is 0.786. The molecular weight excluding hydrogens is 616 g/mol. The summed E-state index contributed by atoms with van der Waals surface area (Å²) in [6.45, 7) is 5.67. The molecule has 0 aromatic carbocycles. The Bertz CT molecular complexity index is 984. The fourth-order valence-corrected chi connectivity index (χ4v) is 4.17. The zero-order chi connectivity index (χ0) is 34.5. The maximum atomic E-state index is 12.0. The van der Waals surface area contributed by atoms with Crippen LogP contribution in [0.15, 0.2) is 0 Å². The van der Waals surface area contributed by atoms with E-state index in [1.807, 2.05) is 0 Å². The molecule has 1 aliphatic heterocycles. The van der Waals surface area contributed by atoms with Gasteiger partial charge < -0.3 is 60.0 Å². The zero-order valence-electron chi connectivity index (χ0n) is 26.8. The van der Waals surface area contributed by atoms with Crippen LogP contribution in [-0.4, -0.2) is 132 Å². The molecular formula is C28H48N4O14. The molecule has 6 N–H and O–H groups in total. The number of carbonyl (C=O) groups is 6. The van der Waals surface area contributed by atoms with Gasteiger partial charge in [0.1, 0.15) is 25.4 Å². The fourth-order valence-electron chi connectivity index (χ4n) is 4.17. The summed E-state index contributed by atoms with van der Waals surface area (Å²) in [5.41, 5.74) is 10.6. The summed E-state index contributed by atoms with van der Waals surface area (Å²) in [4.78, 5) is 69.8. The minimum atomic E-state index is -1.22. The van der Waals surface area contributed by atoms with Gasteiger partial charge in [-0.05, 0) is 19.3 Å². The van der Waals surface area contributed by atoms with E-state index in [0.717, 1.165) is 13.8 Å². The van der Waals surface area contributed by atoms with Gasteiger partial charge >= 0.3 is 17.9 Å². The van der Waals surface area contributed by atoms with Gasteiger partial charge in [-0.1, -0.05) is 0 Å². The Morgan fingerprint density at radius 3 is 1.93 bits per heavy atom. The molecule has 0 aliphatic carbocycles. The summed E-state index contributed by atoms with van der Waals surface area (Å²) in [7, 11) is 0. The first-order valence-corrected chi connectivity index (χ1v) is 14.9. The van der Waals surface area contributed by atoms with E-state index in [-0.39, 0.29) is 58.8 Å². The van der Waals surface area contributed by atoms with Crippen LogP contribution in [0.2, 0.25) is 0 Å². The number of primary amides is 1. The Balaban J connectivity index is 2.40. The standard InChI is InChI=1S/C28H48N4O14/c1-17(33)32-24-26(45-20(4)36)25(44-19(3)35)22(15-43-18(2)34)46-28(24)42-14-13-40-10-9-39-11-12-41-16-23(37)31-8-6-5-7-21(29)27(30)38/h21-22,24-26,28H,5-16,29H2,1-4H3,(H2,30,38)(H,31,37)(H,32,33)/t21-,22+,24+,25-,26+,28+/m0/s1. The molecule has 1 fully saturated rings. The quantitative estimate of drug-likeness (QED) is 0.0514. The van der Waals surface area contributed by atoms with Gasteiger partial charge in [-0.25, -0.2) is 0 Å². The third-order valence-electron chi connectivity index (χ3n) is 6.19. The molecule has 0 saturated carbocycles. The molecule has 1 heterocycles. The molecule has 264 valence electrons. The lowest BCUT2D eigenvalue weighted by molar-refractivity contribution is -0.279. The summed E-state index contributed by atoms with van der Waals surface area (Å²) in [5, 5.41) is 5.31. The topological polar surface area (TPSA) is 252 Å². The molecule has 0 aromatic heterocycles. The first-order valence-electron chi connectivity index (χ1n) is 14.9. The Morgan fingerprint density at radius 1 is 0.783 bits per heavy atom. The van der Waals surface area contributed by atoms with Crippen molar-refractivity contribution in [2.75, 3.05) is 59.4 Å². The predicted molar refractivity (Wildman–Crippen MR) is 156 cm³/mol. The van der Waals surface area contributed by atoms with Crippen molar-refractivity contribution in [3.63, 3.8) is 0 Å². The number of nitrogens with one attached hydrogen (secondary N) is 2. The van der Waals surface area contributed by atoms with Gasteiger partial charge in [-0.15, -0.1) is 0 Å². The van der Waals surface area contributed by atoms with Crippen molar-refractivity contribution < 1.29 is 66.7 Å². The van der Waals surface area contributed by atoms with Crippen molar-refractivity contribution in [3.05, 3.63) is 0 Å². The van der Waals surface area contributed by atoms with Crippen molar-refractivity contribution in [1.82, 2.24) is 10.6 Å². The number of rotatable bonds is 23. The van der Waals surface area contributed by atoms with E-state index in [9.17, 15) is 28.8 Å². The largest absolute Gasteiger partial charge is 0.463 e. The minimum absolute atomic E-state index is 0.0117. The summed E-state index contributed by atoms with van der Waals surface area (Å²) >= 11 is 0. The molecule has 0 spiro atoms. The second kappa shape index (κ2) is 23.0. The first kappa shape index (κ1) is 40.6. The predicted octanol–water partition coefficient (Wildman–Crippen LogP) is -2.19. The van der Waals surface area contributed by atoms with Crippen LogP contribution >= 0.6 is 0 Å². The summed E-state index contributed by atoms with van der Waals surface area (Å²) in [6.07, 6.45) is -2.91. The van der Waals surface area contributed by atoms with Crippen molar-refractivity contribution in [2.45, 2.75) is 83.6 Å². The van der Waals surface area contributed by atoms with Crippen LogP contribution in [0.1, 0.15) is 47.0 Å². The minimum Gasteiger partial charge on any atom is -0.463 e. The van der Waals surface area contributed by atoms with E-state index in [4.69, 9.17) is 49.4 Å². The van der Waals surface area contributed by atoms with E-state index in [1.165, 1.54) is 13.8 Å². The van der Waals surface area contributed by atoms with Gasteiger partial charge in [-0.2, -0.15) is 0 Å². The maximum absolute atomic E-state index is 12.0. The summed E-state index contributed by atoms with van der Waals surface area (Å²) < 4.78 is 43.6. The Morgan fingerprint density at radius 2 is 1.37 bits per heavy atom. The second-order valence-electron chi connectivity index (χ2n) is 10.2. The zero-order valence-corrected chi connectivity index (χ0v) is 26.8. The molecule has 3 amide bonds. The van der Waals surface area contributed by atoms with E-state index in [0.29, 0.717) is 25.8 Å². The SMILES string of the molecule is CC(=O)N[C@H]1[C@H](OCCOCCOCCOCC(=O)NCCCC[C@H](N)C(N)=O)O[C@H](COC(C)=O)[C@H](OC(C)=O)[C@@H]1OC(C)=O. The van der Waals surface area contributed by atoms with Gasteiger partial charge in [0.05, 0.1) is 45.7 Å². The van der Waals surface area contributed by atoms with E-state index >= 15 is 0 Å². The monoisotopic (exact) mass is 664 g/mol. The van der Waals surface area contributed by atoms with Crippen LogP contribution in [0.5, 0.6) is 0 Å². The van der Waals surface area contributed by atoms with Gasteiger partial charge in [-0.3, -0.25) is 28.8 Å². The first-order chi connectivity index (χ1) is 21.8. The van der Waals surface area contributed by atoms with Gasteiger partial charge in [0, 0.05) is 34.2 Å². The number of ether oxygens (including phenoxy) is 8. The van der Waals surface area contributed by atoms with Crippen molar-refractivity contribution in [2.24, 2.45) is 11.5 Å². The number of nitrogens with two attached hydrogens (primary N) is 2. The third-order valence-corrected chi connectivity index (χ3v) is 6.19. The lowest BCUT2D eigenvalue weighted by Gasteiger charge is -2.44. The number of esters is 3. The van der Waals surface area contributed by atoms with Gasteiger partial charge in [0.2, 0.25) is 17.7 Å². The molecule has 0 radical (unpaired) electrons. The van der Waals surface area contributed by atoms with Crippen molar-refractivity contribution in [3.8, 4) is 0 Å². The highest BCUT2D eigenvalue weighted by molar-refractivity contribution is 5.79. The Hall–Kier alpha value is -3.42. The normalized spacial score (nSPS) is 21.5. The van der Waals surface area contributed by atoms with Crippen molar-refractivity contribution >= 4 is 35.6 Å². The molecule has 0 bridgehead atoms. The number of hydrogen-bond acceptors (Lipinski definition) is 15. The molecule has 1 saturated heterocycles. The van der Waals surface area contributed by atoms with E-state index in [1.54, 1.807) is 0 Å². The number of carbonyl (C=O) groups excluding carboxylic acids is 6. The number of hydrogen-bond donors (Lipinski definition) is 4. The number of amides is 3. The lowest BCUT2D eigenvalue weighted by atomic mass is 9.96. The highest BCUT2D eigenvalue weighted by atomic mass is 16.7. The van der Waals surface area contributed by atoms with Crippen LogP contribution in [-0.2, 0) is 66.7 Å². The smallest absolute Gasteiger partial charge is 0.303 e. The summed E-state index contributed by atoms with van der Waals surface area (Å²) in [6, 6.07) is -1.75. The van der Waals surface area contributed by atoms with E-state index < -0.39 is 66.4 Å². The Labute approximate surface area is 267 Å². The molecule has 0 aromatic rings. The van der Waals surface area contributed by atoms with Gasteiger partial charge in [0.15, 0.2) is 18.5 Å². The molecule has 6 atom stereocenters. The van der Waals surface area contributed by atoms with Crippen molar-refractivity contribution in [1.29, 1.82) is 0 Å². The van der Waals surface area contributed by atoms with Crippen LogP contribution in [0.25, 0.3) is 0 Å². The highest BCUT2D eigenvalue weighted by Gasteiger charge is 2.51. The van der Waals surface area contributed by atoms with E-state index in [2.05, 4.69) is 10.6 Å². The van der Waals surface area contributed by atoms with Gasteiger partial charge in [0.25, 0.3) is 0 Å².